The molecule has 4 nitrogen and oxygen atoms in total. The van der Waals surface area contributed by atoms with Crippen LogP contribution in [-0.2, 0) is 6.54 Å². The van der Waals surface area contributed by atoms with Gasteiger partial charge in [0.2, 0.25) is 0 Å². The number of nitrogens with zero attached hydrogens (tertiary/aromatic N) is 3. The summed E-state index contributed by atoms with van der Waals surface area (Å²) in [6.45, 7) is 3.25. The van der Waals surface area contributed by atoms with E-state index in [0.29, 0.717) is 11.2 Å². The molecular formula is C10H20Cl2N4S. The second-order valence-corrected chi connectivity index (χ2v) is 5.21. The molecule has 0 radical (unpaired) electrons. The van der Waals surface area contributed by atoms with E-state index in [0.717, 1.165) is 18.8 Å². The molecule has 2 rings (SSSR count). The van der Waals surface area contributed by atoms with Gasteiger partial charge in [-0.1, -0.05) is 0 Å². The van der Waals surface area contributed by atoms with Gasteiger partial charge in [-0.05, 0) is 20.5 Å². The first kappa shape index (κ1) is 16.9. The molecule has 0 saturated carbocycles. The van der Waals surface area contributed by atoms with Gasteiger partial charge < -0.3 is 10.6 Å². The van der Waals surface area contributed by atoms with Crippen molar-refractivity contribution in [3.8, 4) is 0 Å². The maximum Gasteiger partial charge on any atom is 0.180 e. The quantitative estimate of drug-likeness (QED) is 0.923. The Kier molecular flexibility index (Phi) is 7.35. The largest absolute Gasteiger partial charge is 0.375 e. The van der Waals surface area contributed by atoms with Gasteiger partial charge in [0, 0.05) is 31.1 Å². The molecular weight excluding hydrogens is 279 g/mol. The highest BCUT2D eigenvalue weighted by Crippen LogP contribution is 2.18. The van der Waals surface area contributed by atoms with Crippen molar-refractivity contribution in [2.75, 3.05) is 32.9 Å². The molecule has 0 aromatic carbocycles. The van der Waals surface area contributed by atoms with E-state index < -0.39 is 0 Å². The molecule has 0 spiro atoms. The zero-order valence-corrected chi connectivity index (χ0v) is 12.6. The van der Waals surface area contributed by atoms with E-state index in [-0.39, 0.29) is 24.8 Å². The fraction of sp³-hybridized carbons (Fsp3) is 0.700. The molecule has 1 atom stereocenters. The van der Waals surface area contributed by atoms with Crippen molar-refractivity contribution in [3.05, 3.63) is 11.1 Å². The van der Waals surface area contributed by atoms with Gasteiger partial charge in [-0.3, -0.25) is 4.90 Å². The van der Waals surface area contributed by atoms with Crippen molar-refractivity contribution in [1.29, 1.82) is 0 Å². The molecule has 0 bridgehead atoms. The number of halogens is 2. The molecule has 1 aromatic rings. The molecule has 7 heteroatoms. The predicted octanol–water partition coefficient (Wildman–Crippen LogP) is 1.70. The molecule has 0 aliphatic carbocycles. The first-order valence-corrected chi connectivity index (χ1v) is 6.12. The number of likely N-dealkylation sites (tertiary alicyclic amines) is 1. The van der Waals surface area contributed by atoms with E-state index in [9.17, 15) is 0 Å². The third kappa shape index (κ3) is 4.60. The summed E-state index contributed by atoms with van der Waals surface area (Å²) in [6.07, 6.45) is 1.26. The molecule has 1 saturated heterocycles. The number of nitrogen functional groups attached to an aromatic ring is 1. The minimum Gasteiger partial charge on any atom is -0.375 e. The summed E-state index contributed by atoms with van der Waals surface area (Å²) >= 11 is 1.52. The number of aromatic nitrogens is 1. The molecule has 1 aliphatic rings. The highest BCUT2D eigenvalue weighted by Gasteiger charge is 2.24. The second-order valence-electron chi connectivity index (χ2n) is 4.32. The average molecular weight is 299 g/mol. The van der Waals surface area contributed by atoms with Crippen LogP contribution in [0.3, 0.4) is 0 Å². The van der Waals surface area contributed by atoms with Gasteiger partial charge in [0.1, 0.15) is 0 Å². The third-order valence-corrected chi connectivity index (χ3v) is 3.66. The summed E-state index contributed by atoms with van der Waals surface area (Å²) in [5.41, 5.74) is 6.72. The second kappa shape index (κ2) is 7.38. The van der Waals surface area contributed by atoms with Crippen molar-refractivity contribution in [2.24, 2.45) is 0 Å². The Morgan fingerprint density at radius 2 is 2.24 bits per heavy atom. The first-order valence-electron chi connectivity index (χ1n) is 5.24. The van der Waals surface area contributed by atoms with Crippen molar-refractivity contribution in [2.45, 2.75) is 19.0 Å². The number of likely N-dealkylation sites (N-methyl/N-ethyl adjacent to an activating group) is 1. The molecule has 1 fully saturated rings. The van der Waals surface area contributed by atoms with E-state index in [1.54, 1.807) is 0 Å². The molecule has 17 heavy (non-hydrogen) atoms. The highest BCUT2D eigenvalue weighted by molar-refractivity contribution is 7.13. The van der Waals surface area contributed by atoms with Crippen LogP contribution < -0.4 is 5.73 Å². The lowest BCUT2D eigenvalue weighted by Gasteiger charge is -2.19. The van der Waals surface area contributed by atoms with Gasteiger partial charge in [0.25, 0.3) is 0 Å². The molecule has 1 aliphatic heterocycles. The van der Waals surface area contributed by atoms with Crippen LogP contribution in [0.5, 0.6) is 0 Å². The smallest absolute Gasteiger partial charge is 0.180 e. The Hall–Kier alpha value is -0.0700. The Morgan fingerprint density at radius 3 is 2.71 bits per heavy atom. The maximum atomic E-state index is 5.61. The Balaban J connectivity index is 0.00000128. The Morgan fingerprint density at radius 1 is 1.53 bits per heavy atom. The molecule has 100 valence electrons. The first-order chi connectivity index (χ1) is 7.15. The van der Waals surface area contributed by atoms with Crippen molar-refractivity contribution < 1.29 is 0 Å². The monoisotopic (exact) mass is 298 g/mol. The fourth-order valence-corrected chi connectivity index (χ4v) is 2.56. The number of hydrogen-bond donors (Lipinski definition) is 1. The molecule has 2 N–H and O–H groups in total. The van der Waals surface area contributed by atoms with Crippen LogP contribution in [0.15, 0.2) is 5.38 Å². The average Bonchev–Trinajstić information content (AvgIpc) is 2.76. The van der Waals surface area contributed by atoms with Crippen LogP contribution >= 0.6 is 36.2 Å². The lowest BCUT2D eigenvalue weighted by Crippen LogP contribution is -2.31. The summed E-state index contributed by atoms with van der Waals surface area (Å²) in [5, 5.41) is 2.73. The minimum atomic E-state index is 0. The van der Waals surface area contributed by atoms with E-state index in [1.807, 2.05) is 0 Å². The standard InChI is InChI=1S/C10H18N4S.2ClH/c1-13(2)9-3-4-14(6-9)5-8-7-15-10(11)12-8;;/h7,9H,3-6H2,1-2H3,(H2,11,12);2*1H/t9-;;/m1../s1. The third-order valence-electron chi connectivity index (χ3n) is 2.93. The van der Waals surface area contributed by atoms with Crippen LogP contribution in [0.1, 0.15) is 12.1 Å². The normalized spacial score (nSPS) is 20.1. The maximum absolute atomic E-state index is 5.61. The fourth-order valence-electron chi connectivity index (χ4n) is 2.00. The van der Waals surface area contributed by atoms with E-state index in [1.165, 1.54) is 24.3 Å². The molecule has 0 amide bonds. The zero-order valence-electron chi connectivity index (χ0n) is 10.1. The molecule has 2 heterocycles. The van der Waals surface area contributed by atoms with Gasteiger partial charge in [-0.15, -0.1) is 36.2 Å². The van der Waals surface area contributed by atoms with Gasteiger partial charge in [-0.2, -0.15) is 0 Å². The number of hydrogen-bond acceptors (Lipinski definition) is 5. The number of anilines is 1. The Labute approximate surface area is 119 Å². The highest BCUT2D eigenvalue weighted by atomic mass is 35.5. The van der Waals surface area contributed by atoms with E-state index in [2.05, 4.69) is 34.3 Å². The van der Waals surface area contributed by atoms with Crippen molar-refractivity contribution >= 4 is 41.3 Å². The van der Waals surface area contributed by atoms with Crippen LogP contribution in [0.25, 0.3) is 0 Å². The molecule has 1 aromatic heterocycles. The molecule has 0 unspecified atom stereocenters. The summed E-state index contributed by atoms with van der Waals surface area (Å²) in [4.78, 5) is 9.03. The van der Waals surface area contributed by atoms with E-state index >= 15 is 0 Å². The zero-order chi connectivity index (χ0) is 10.8. The topological polar surface area (TPSA) is 45.4 Å². The number of nitrogens with two attached hydrogens (primary N) is 1. The van der Waals surface area contributed by atoms with Gasteiger partial charge in [-0.25, -0.2) is 4.98 Å². The summed E-state index contributed by atoms with van der Waals surface area (Å²) in [6, 6.07) is 0.695. The predicted molar refractivity (Wildman–Crippen MR) is 78.4 cm³/mol. The SMILES string of the molecule is CN(C)[C@@H]1CCN(Cc2csc(N)n2)C1.Cl.Cl. The van der Waals surface area contributed by atoms with E-state index in [4.69, 9.17) is 5.73 Å². The Bertz CT molecular complexity index is 332. The number of rotatable bonds is 3. The van der Waals surface area contributed by atoms with Crippen LogP contribution in [0.2, 0.25) is 0 Å². The van der Waals surface area contributed by atoms with Gasteiger partial charge >= 0.3 is 0 Å². The van der Waals surface area contributed by atoms with Crippen LogP contribution in [0, 0.1) is 0 Å². The summed E-state index contributed by atoms with van der Waals surface area (Å²) < 4.78 is 0. The van der Waals surface area contributed by atoms with Crippen molar-refractivity contribution in [1.82, 2.24) is 14.8 Å². The van der Waals surface area contributed by atoms with Crippen molar-refractivity contribution in [3.63, 3.8) is 0 Å². The summed E-state index contributed by atoms with van der Waals surface area (Å²) in [7, 11) is 4.30. The lowest BCUT2D eigenvalue weighted by atomic mass is 10.2. The minimum absolute atomic E-state index is 0. The summed E-state index contributed by atoms with van der Waals surface area (Å²) in [5.74, 6) is 0. The van der Waals surface area contributed by atoms with Gasteiger partial charge in [0.05, 0.1) is 5.69 Å². The van der Waals surface area contributed by atoms with Gasteiger partial charge in [0.15, 0.2) is 5.13 Å². The lowest BCUT2D eigenvalue weighted by molar-refractivity contribution is 0.263. The van der Waals surface area contributed by atoms with Crippen LogP contribution in [0.4, 0.5) is 5.13 Å². The number of thiazole rings is 1. The van der Waals surface area contributed by atoms with Crippen LogP contribution in [-0.4, -0.2) is 48.0 Å².